The third-order valence-corrected chi connectivity index (χ3v) is 2.48. The van der Waals surface area contributed by atoms with Crippen LogP contribution in [0.5, 0.6) is 0 Å². The van der Waals surface area contributed by atoms with Crippen molar-refractivity contribution in [3.8, 4) is 0 Å². The summed E-state index contributed by atoms with van der Waals surface area (Å²) in [7, 11) is 0. The zero-order valence-corrected chi connectivity index (χ0v) is 10.9. The number of hydrogen-bond donors (Lipinski definition) is 2. The van der Waals surface area contributed by atoms with Gasteiger partial charge in [-0.2, -0.15) is 13.2 Å². The average molecular weight is 296 g/mol. The number of nitrogens with zero attached hydrogens (tertiary/aromatic N) is 2. The van der Waals surface area contributed by atoms with Crippen molar-refractivity contribution < 1.29 is 18.0 Å². The lowest BCUT2D eigenvalue weighted by Crippen LogP contribution is -2.29. The number of anilines is 3. The maximum absolute atomic E-state index is 12.1. The van der Waals surface area contributed by atoms with E-state index in [-0.39, 0.29) is 5.69 Å². The SMILES string of the molecule is Cc1cc(Nc2ccc(NC(=O)C(F)(F)F)cc2)ncn1. The molecule has 2 aromatic rings. The first-order valence-electron chi connectivity index (χ1n) is 5.88. The molecule has 8 heteroatoms. The fourth-order valence-corrected chi connectivity index (χ4v) is 1.51. The standard InChI is InChI=1S/C13H11F3N4O/c1-8-6-11(18-7-17-8)19-9-2-4-10(5-3-9)20-12(21)13(14,15)16/h2-7H,1H3,(H,20,21)(H,17,18,19). The summed E-state index contributed by atoms with van der Waals surface area (Å²) in [6.07, 6.45) is -3.51. The largest absolute Gasteiger partial charge is 0.471 e. The summed E-state index contributed by atoms with van der Waals surface area (Å²) in [6.45, 7) is 1.81. The number of hydrogen-bond acceptors (Lipinski definition) is 4. The maximum atomic E-state index is 12.1. The fraction of sp³-hybridized carbons (Fsp3) is 0.154. The van der Waals surface area contributed by atoms with Crippen molar-refractivity contribution in [1.29, 1.82) is 0 Å². The van der Waals surface area contributed by atoms with E-state index >= 15 is 0 Å². The van der Waals surface area contributed by atoms with Crippen molar-refractivity contribution in [3.63, 3.8) is 0 Å². The molecule has 0 unspecified atom stereocenters. The first-order valence-corrected chi connectivity index (χ1v) is 5.88. The molecule has 1 aromatic heterocycles. The Hall–Kier alpha value is -2.64. The summed E-state index contributed by atoms with van der Waals surface area (Å²) in [4.78, 5) is 18.7. The molecular formula is C13H11F3N4O. The van der Waals surface area contributed by atoms with Crippen molar-refractivity contribution in [1.82, 2.24) is 9.97 Å². The molecule has 110 valence electrons. The molecular weight excluding hydrogens is 285 g/mol. The van der Waals surface area contributed by atoms with E-state index in [1.54, 1.807) is 11.4 Å². The maximum Gasteiger partial charge on any atom is 0.471 e. The van der Waals surface area contributed by atoms with Gasteiger partial charge in [-0.05, 0) is 31.2 Å². The Morgan fingerprint density at radius 2 is 1.71 bits per heavy atom. The molecule has 0 spiro atoms. The highest BCUT2D eigenvalue weighted by Crippen LogP contribution is 2.21. The van der Waals surface area contributed by atoms with E-state index in [0.717, 1.165) is 5.69 Å². The molecule has 0 fully saturated rings. The highest BCUT2D eigenvalue weighted by atomic mass is 19.4. The lowest BCUT2D eigenvalue weighted by Gasteiger charge is -2.09. The van der Waals surface area contributed by atoms with Gasteiger partial charge in [-0.3, -0.25) is 4.79 Å². The topological polar surface area (TPSA) is 66.9 Å². The molecule has 0 aliphatic rings. The summed E-state index contributed by atoms with van der Waals surface area (Å²) in [5.41, 5.74) is 1.46. The van der Waals surface area contributed by atoms with E-state index in [0.29, 0.717) is 11.5 Å². The number of amides is 1. The van der Waals surface area contributed by atoms with Crippen LogP contribution in [0.3, 0.4) is 0 Å². The van der Waals surface area contributed by atoms with E-state index in [4.69, 9.17) is 0 Å². The van der Waals surface area contributed by atoms with Crippen LogP contribution in [-0.2, 0) is 4.79 Å². The Morgan fingerprint density at radius 1 is 1.10 bits per heavy atom. The number of halogens is 3. The van der Waals surface area contributed by atoms with Crippen LogP contribution in [0.15, 0.2) is 36.7 Å². The number of rotatable bonds is 3. The normalized spacial score (nSPS) is 11.0. The van der Waals surface area contributed by atoms with Gasteiger partial charge in [-0.1, -0.05) is 0 Å². The molecule has 5 nitrogen and oxygen atoms in total. The predicted octanol–water partition coefficient (Wildman–Crippen LogP) is 3.03. The van der Waals surface area contributed by atoms with Gasteiger partial charge in [0.2, 0.25) is 0 Å². The summed E-state index contributed by atoms with van der Waals surface area (Å²) in [6, 6.07) is 7.51. The van der Waals surface area contributed by atoms with E-state index in [1.807, 2.05) is 6.92 Å². The van der Waals surface area contributed by atoms with Crippen LogP contribution in [0, 0.1) is 6.92 Å². The van der Waals surface area contributed by atoms with Crippen molar-refractivity contribution in [2.45, 2.75) is 13.1 Å². The van der Waals surface area contributed by atoms with Gasteiger partial charge >= 0.3 is 12.1 Å². The number of benzene rings is 1. The first kappa shape index (κ1) is 14.8. The Morgan fingerprint density at radius 3 is 2.29 bits per heavy atom. The zero-order valence-electron chi connectivity index (χ0n) is 10.9. The van der Waals surface area contributed by atoms with Gasteiger partial charge in [0.05, 0.1) is 0 Å². The Balaban J connectivity index is 2.04. The number of aromatic nitrogens is 2. The molecule has 2 rings (SSSR count). The van der Waals surface area contributed by atoms with Crippen LogP contribution in [0.2, 0.25) is 0 Å². The second kappa shape index (κ2) is 5.78. The van der Waals surface area contributed by atoms with Crippen LogP contribution in [-0.4, -0.2) is 22.1 Å². The fourth-order valence-electron chi connectivity index (χ4n) is 1.51. The Kier molecular flexibility index (Phi) is 4.06. The summed E-state index contributed by atoms with van der Waals surface area (Å²) < 4.78 is 36.3. The molecule has 21 heavy (non-hydrogen) atoms. The number of nitrogens with one attached hydrogen (secondary N) is 2. The molecule has 0 saturated carbocycles. The van der Waals surface area contributed by atoms with Crippen LogP contribution in [0.4, 0.5) is 30.4 Å². The minimum absolute atomic E-state index is 0.0572. The van der Waals surface area contributed by atoms with Gasteiger partial charge in [0, 0.05) is 23.1 Å². The molecule has 0 saturated heterocycles. The Bertz CT molecular complexity index is 641. The van der Waals surface area contributed by atoms with Crippen LogP contribution in [0.1, 0.15) is 5.69 Å². The summed E-state index contributed by atoms with van der Waals surface area (Å²) in [5, 5.41) is 4.73. The third kappa shape index (κ3) is 4.16. The smallest absolute Gasteiger partial charge is 0.340 e. The van der Waals surface area contributed by atoms with E-state index in [2.05, 4.69) is 15.3 Å². The highest BCUT2D eigenvalue weighted by molar-refractivity contribution is 5.95. The van der Waals surface area contributed by atoms with Gasteiger partial charge in [-0.15, -0.1) is 0 Å². The zero-order chi connectivity index (χ0) is 15.5. The molecule has 1 amide bonds. The predicted molar refractivity (Wildman–Crippen MR) is 71.2 cm³/mol. The Labute approximate surface area is 118 Å². The molecule has 2 N–H and O–H groups in total. The molecule has 0 aliphatic carbocycles. The van der Waals surface area contributed by atoms with Gasteiger partial charge < -0.3 is 10.6 Å². The van der Waals surface area contributed by atoms with Crippen LogP contribution < -0.4 is 10.6 Å². The number of carbonyl (C=O) groups is 1. The minimum Gasteiger partial charge on any atom is -0.340 e. The lowest BCUT2D eigenvalue weighted by molar-refractivity contribution is -0.167. The van der Waals surface area contributed by atoms with E-state index in [9.17, 15) is 18.0 Å². The quantitative estimate of drug-likeness (QED) is 0.913. The molecule has 0 radical (unpaired) electrons. The molecule has 0 bridgehead atoms. The first-order chi connectivity index (χ1) is 9.84. The van der Waals surface area contributed by atoms with Crippen molar-refractivity contribution >= 4 is 23.1 Å². The summed E-state index contributed by atoms with van der Waals surface area (Å²) in [5.74, 6) is -1.44. The second-order valence-electron chi connectivity index (χ2n) is 4.20. The van der Waals surface area contributed by atoms with Crippen molar-refractivity contribution in [3.05, 3.63) is 42.4 Å². The molecule has 1 heterocycles. The third-order valence-electron chi connectivity index (χ3n) is 2.48. The van der Waals surface area contributed by atoms with E-state index < -0.39 is 12.1 Å². The van der Waals surface area contributed by atoms with E-state index in [1.165, 1.54) is 30.6 Å². The number of alkyl halides is 3. The van der Waals surface area contributed by atoms with Crippen LogP contribution in [0.25, 0.3) is 0 Å². The van der Waals surface area contributed by atoms with Gasteiger partial charge in [0.1, 0.15) is 12.1 Å². The number of carbonyl (C=O) groups excluding carboxylic acids is 1. The van der Waals surface area contributed by atoms with Crippen LogP contribution >= 0.6 is 0 Å². The average Bonchev–Trinajstić information content (AvgIpc) is 2.40. The molecule has 0 atom stereocenters. The van der Waals surface area contributed by atoms with Gasteiger partial charge in [0.15, 0.2) is 0 Å². The van der Waals surface area contributed by atoms with Gasteiger partial charge in [-0.25, -0.2) is 9.97 Å². The number of aryl methyl sites for hydroxylation is 1. The minimum atomic E-state index is -4.91. The van der Waals surface area contributed by atoms with Gasteiger partial charge in [0.25, 0.3) is 0 Å². The lowest BCUT2D eigenvalue weighted by atomic mass is 10.2. The highest BCUT2D eigenvalue weighted by Gasteiger charge is 2.38. The van der Waals surface area contributed by atoms with Crippen molar-refractivity contribution in [2.24, 2.45) is 0 Å². The summed E-state index contributed by atoms with van der Waals surface area (Å²) >= 11 is 0. The molecule has 0 aliphatic heterocycles. The second-order valence-corrected chi connectivity index (χ2v) is 4.20. The van der Waals surface area contributed by atoms with Crippen molar-refractivity contribution in [2.75, 3.05) is 10.6 Å². The monoisotopic (exact) mass is 296 g/mol. The molecule has 1 aromatic carbocycles.